The second kappa shape index (κ2) is 13.9. The number of unbranched alkanes of at least 4 members (excludes halogenated alkanes) is 1. The van der Waals surface area contributed by atoms with Crippen LogP contribution in [0.5, 0.6) is 5.75 Å². The van der Waals surface area contributed by atoms with Gasteiger partial charge < -0.3 is 14.4 Å². The average Bonchev–Trinajstić information content (AvgIpc) is 2.93. The van der Waals surface area contributed by atoms with Gasteiger partial charge in [-0.2, -0.15) is 0 Å². The summed E-state index contributed by atoms with van der Waals surface area (Å²) < 4.78 is 13.5. The largest absolute Gasteiger partial charge is 0.494 e. The molecule has 43 heavy (non-hydrogen) atoms. The summed E-state index contributed by atoms with van der Waals surface area (Å²) in [5.74, 6) is 0.367. The predicted molar refractivity (Wildman–Crippen MR) is 177 cm³/mol. The fraction of sp³-hybridized carbons (Fsp3) is 0.529. The van der Waals surface area contributed by atoms with E-state index < -0.39 is 11.6 Å². The van der Waals surface area contributed by atoms with Crippen LogP contribution in [0.25, 0.3) is 10.9 Å². The highest BCUT2D eigenvalue weighted by molar-refractivity contribution is 6.43. The zero-order chi connectivity index (χ0) is 31.4. The molecule has 2 aromatic carbocycles. The standard InChI is InChI=1S/C34H45Cl2N3O4/c1-24(43-32(41)34(5,6)23-33(2,3)4)39-29-22-26(14-12-25(29)13-15-30(39)40)42-21-8-7-16-37-17-19-38(20-18-37)28-11-9-10-27(35)31(28)36/h9-15,22,24H,7-8,16-21,23H2,1-6H3. The number of aromatic nitrogens is 1. The topological polar surface area (TPSA) is 64.0 Å². The first-order valence-corrected chi connectivity index (χ1v) is 15.9. The van der Waals surface area contributed by atoms with E-state index in [1.807, 2.05) is 50.2 Å². The molecule has 1 aliphatic heterocycles. The Hall–Kier alpha value is -2.74. The number of benzene rings is 2. The van der Waals surface area contributed by atoms with Crippen LogP contribution in [0.1, 0.15) is 67.0 Å². The molecule has 0 aliphatic carbocycles. The molecule has 1 unspecified atom stereocenters. The zero-order valence-corrected chi connectivity index (χ0v) is 27.8. The molecule has 1 atom stereocenters. The van der Waals surface area contributed by atoms with Gasteiger partial charge in [0.15, 0.2) is 6.23 Å². The Labute approximate surface area is 265 Å². The number of esters is 1. The minimum atomic E-state index is -0.756. The van der Waals surface area contributed by atoms with Gasteiger partial charge in [0.05, 0.1) is 33.3 Å². The number of piperazine rings is 1. The Morgan fingerprint density at radius 1 is 0.953 bits per heavy atom. The molecule has 0 spiro atoms. The van der Waals surface area contributed by atoms with Crippen molar-refractivity contribution in [2.75, 3.05) is 44.2 Å². The molecule has 7 nitrogen and oxygen atoms in total. The van der Waals surface area contributed by atoms with Crippen molar-refractivity contribution in [1.82, 2.24) is 9.47 Å². The van der Waals surface area contributed by atoms with E-state index in [1.54, 1.807) is 13.0 Å². The minimum Gasteiger partial charge on any atom is -0.494 e. The lowest BCUT2D eigenvalue weighted by Gasteiger charge is -2.36. The van der Waals surface area contributed by atoms with Crippen molar-refractivity contribution < 1.29 is 14.3 Å². The van der Waals surface area contributed by atoms with E-state index in [-0.39, 0.29) is 16.9 Å². The van der Waals surface area contributed by atoms with Crippen LogP contribution in [-0.4, -0.2) is 54.8 Å². The molecule has 234 valence electrons. The number of pyridine rings is 1. The molecule has 2 heterocycles. The molecular weight excluding hydrogens is 585 g/mol. The molecule has 0 N–H and O–H groups in total. The van der Waals surface area contributed by atoms with Crippen LogP contribution >= 0.6 is 23.2 Å². The third kappa shape index (κ3) is 8.68. The first kappa shape index (κ1) is 33.2. The first-order valence-electron chi connectivity index (χ1n) is 15.2. The SMILES string of the molecule is CC(OC(=O)C(C)(C)CC(C)(C)C)n1c(=O)ccc2ccc(OCCCCN3CCN(c4cccc(Cl)c4Cl)CC3)cc21. The quantitative estimate of drug-likeness (QED) is 0.159. The van der Waals surface area contributed by atoms with E-state index in [4.69, 9.17) is 32.7 Å². The van der Waals surface area contributed by atoms with Gasteiger partial charge in [0.25, 0.3) is 5.56 Å². The Kier molecular flexibility index (Phi) is 10.7. The molecule has 3 aromatic rings. The maximum atomic E-state index is 13.1. The van der Waals surface area contributed by atoms with Gasteiger partial charge >= 0.3 is 5.97 Å². The van der Waals surface area contributed by atoms with Gasteiger partial charge in [-0.15, -0.1) is 0 Å². The minimum absolute atomic E-state index is 0.0321. The number of hydrogen-bond acceptors (Lipinski definition) is 6. The predicted octanol–water partition coefficient (Wildman–Crippen LogP) is 7.81. The number of carbonyl (C=O) groups excluding carboxylic acids is 1. The number of halogens is 2. The summed E-state index contributed by atoms with van der Waals surface area (Å²) in [6.07, 6.45) is 1.85. The van der Waals surface area contributed by atoms with Crippen LogP contribution in [0.3, 0.4) is 0 Å². The Morgan fingerprint density at radius 2 is 1.65 bits per heavy atom. The highest BCUT2D eigenvalue weighted by Crippen LogP contribution is 2.35. The van der Waals surface area contributed by atoms with E-state index >= 15 is 0 Å². The van der Waals surface area contributed by atoms with E-state index in [2.05, 4.69) is 30.6 Å². The average molecular weight is 631 g/mol. The van der Waals surface area contributed by atoms with Crippen LogP contribution in [0.15, 0.2) is 53.3 Å². The summed E-state index contributed by atoms with van der Waals surface area (Å²) in [4.78, 5) is 30.8. The molecule has 0 amide bonds. The number of fused-ring (bicyclic) bond motifs is 1. The Morgan fingerprint density at radius 3 is 2.35 bits per heavy atom. The van der Waals surface area contributed by atoms with Crippen molar-refractivity contribution in [2.24, 2.45) is 10.8 Å². The normalized spacial score (nSPS) is 15.5. The van der Waals surface area contributed by atoms with E-state index in [0.717, 1.165) is 56.6 Å². The van der Waals surface area contributed by atoms with Crippen LogP contribution in [-0.2, 0) is 9.53 Å². The van der Waals surface area contributed by atoms with Crippen molar-refractivity contribution >= 4 is 45.8 Å². The molecule has 4 rings (SSSR count). The van der Waals surface area contributed by atoms with E-state index in [0.29, 0.717) is 34.3 Å². The second-order valence-corrected chi connectivity index (χ2v) is 14.1. The van der Waals surface area contributed by atoms with Gasteiger partial charge in [-0.3, -0.25) is 19.1 Å². The molecule has 1 aliphatic rings. The molecular formula is C34H45Cl2N3O4. The second-order valence-electron chi connectivity index (χ2n) is 13.3. The lowest BCUT2D eigenvalue weighted by Crippen LogP contribution is -2.46. The fourth-order valence-electron chi connectivity index (χ4n) is 6.04. The number of carbonyl (C=O) groups is 1. The molecule has 9 heteroatoms. The van der Waals surface area contributed by atoms with Gasteiger partial charge in [0, 0.05) is 38.3 Å². The number of nitrogens with zero attached hydrogens (tertiary/aromatic N) is 3. The summed E-state index contributed by atoms with van der Waals surface area (Å²) >= 11 is 12.6. The third-order valence-corrected chi connectivity index (χ3v) is 8.66. The molecule has 1 fully saturated rings. The molecule has 1 aromatic heterocycles. The molecule has 0 saturated carbocycles. The van der Waals surface area contributed by atoms with Crippen molar-refractivity contribution in [1.29, 1.82) is 0 Å². The van der Waals surface area contributed by atoms with Crippen molar-refractivity contribution in [3.8, 4) is 5.75 Å². The van der Waals surface area contributed by atoms with Crippen LogP contribution < -0.4 is 15.2 Å². The third-order valence-electron chi connectivity index (χ3n) is 7.85. The van der Waals surface area contributed by atoms with E-state index in [1.165, 1.54) is 10.6 Å². The smallest absolute Gasteiger partial charge is 0.313 e. The van der Waals surface area contributed by atoms with Gasteiger partial charge in [0.2, 0.25) is 0 Å². The fourth-order valence-corrected chi connectivity index (χ4v) is 6.45. The molecule has 0 bridgehead atoms. The Bertz CT molecular complexity index is 1470. The molecule has 0 radical (unpaired) electrons. The van der Waals surface area contributed by atoms with Crippen LogP contribution in [0.4, 0.5) is 5.69 Å². The van der Waals surface area contributed by atoms with E-state index in [9.17, 15) is 9.59 Å². The molecule has 1 saturated heterocycles. The number of hydrogen-bond donors (Lipinski definition) is 0. The van der Waals surface area contributed by atoms with Gasteiger partial charge in [0.1, 0.15) is 5.75 Å². The van der Waals surface area contributed by atoms with Gasteiger partial charge in [-0.05, 0) is 87.7 Å². The summed E-state index contributed by atoms with van der Waals surface area (Å²) in [5.41, 5.74) is 0.746. The summed E-state index contributed by atoms with van der Waals surface area (Å²) in [6, 6.07) is 14.8. The zero-order valence-electron chi connectivity index (χ0n) is 26.3. The first-order chi connectivity index (χ1) is 20.2. The highest BCUT2D eigenvalue weighted by Gasteiger charge is 2.35. The highest BCUT2D eigenvalue weighted by atomic mass is 35.5. The Balaban J connectivity index is 1.30. The van der Waals surface area contributed by atoms with Crippen molar-refractivity contribution in [3.63, 3.8) is 0 Å². The maximum absolute atomic E-state index is 13.1. The van der Waals surface area contributed by atoms with Gasteiger partial charge in [-0.25, -0.2) is 0 Å². The summed E-state index contributed by atoms with van der Waals surface area (Å²) in [7, 11) is 0. The van der Waals surface area contributed by atoms with Crippen LogP contribution in [0, 0.1) is 10.8 Å². The van der Waals surface area contributed by atoms with Crippen LogP contribution in [0.2, 0.25) is 10.0 Å². The van der Waals surface area contributed by atoms with Gasteiger partial charge in [-0.1, -0.05) is 50.0 Å². The lowest BCUT2D eigenvalue weighted by molar-refractivity contribution is -0.165. The summed E-state index contributed by atoms with van der Waals surface area (Å²) in [5, 5.41) is 2.09. The lowest BCUT2D eigenvalue weighted by atomic mass is 9.76. The van der Waals surface area contributed by atoms with Crippen molar-refractivity contribution in [3.05, 3.63) is 68.9 Å². The monoisotopic (exact) mass is 629 g/mol. The maximum Gasteiger partial charge on any atom is 0.313 e. The number of rotatable bonds is 11. The van der Waals surface area contributed by atoms with Crippen molar-refractivity contribution in [2.45, 2.75) is 67.0 Å². The summed E-state index contributed by atoms with van der Waals surface area (Å²) in [6.45, 7) is 17.2. The number of ether oxygens (including phenoxy) is 2. The number of anilines is 1.